The minimum Gasteiger partial charge on any atom is -0.496 e. The summed E-state index contributed by atoms with van der Waals surface area (Å²) in [5.74, 6) is 2.85. The normalized spacial score (nSPS) is 10.9. The fourth-order valence-electron chi connectivity index (χ4n) is 2.35. The third-order valence-corrected chi connectivity index (χ3v) is 3.37. The van der Waals surface area contributed by atoms with Crippen LogP contribution in [0.2, 0.25) is 0 Å². The van der Waals surface area contributed by atoms with E-state index in [9.17, 15) is 0 Å². The van der Waals surface area contributed by atoms with Crippen LogP contribution in [0.25, 0.3) is 16.9 Å². The highest BCUT2D eigenvalue weighted by atomic mass is 16.5. The smallest absolute Gasteiger partial charge is 0.254 e. The fraction of sp³-hybridized carbons (Fsp3) is 0.267. The van der Waals surface area contributed by atoms with Crippen LogP contribution in [0.15, 0.2) is 24.5 Å². The van der Waals surface area contributed by atoms with Crippen molar-refractivity contribution in [3.05, 3.63) is 35.9 Å². The van der Waals surface area contributed by atoms with Gasteiger partial charge in [0, 0.05) is 18.0 Å². The number of fused-ring (bicyclic) bond motifs is 1. The Morgan fingerprint density at radius 2 is 1.67 bits per heavy atom. The molecule has 0 spiro atoms. The highest BCUT2D eigenvalue weighted by Crippen LogP contribution is 2.39. The molecule has 0 fully saturated rings. The first kappa shape index (κ1) is 13.4. The van der Waals surface area contributed by atoms with Crippen molar-refractivity contribution in [2.24, 2.45) is 0 Å². The number of hydrogen-bond acceptors (Lipinski definition) is 5. The molecule has 6 nitrogen and oxygen atoms in total. The van der Waals surface area contributed by atoms with Gasteiger partial charge in [0.05, 0.1) is 19.8 Å². The van der Waals surface area contributed by atoms with Gasteiger partial charge < -0.3 is 9.47 Å². The van der Waals surface area contributed by atoms with E-state index in [-0.39, 0.29) is 0 Å². The molecule has 108 valence electrons. The van der Waals surface area contributed by atoms with Crippen molar-refractivity contribution in [2.45, 2.75) is 13.8 Å². The Labute approximate surface area is 122 Å². The van der Waals surface area contributed by atoms with Gasteiger partial charge in [0.25, 0.3) is 5.78 Å². The third-order valence-electron chi connectivity index (χ3n) is 3.37. The molecule has 3 aromatic rings. The van der Waals surface area contributed by atoms with Crippen LogP contribution < -0.4 is 9.47 Å². The molecule has 0 bridgehead atoms. The van der Waals surface area contributed by atoms with Gasteiger partial charge in [0.2, 0.25) is 0 Å². The van der Waals surface area contributed by atoms with E-state index in [1.807, 2.05) is 36.6 Å². The van der Waals surface area contributed by atoms with Gasteiger partial charge in [0.15, 0.2) is 0 Å². The summed E-state index contributed by atoms with van der Waals surface area (Å²) in [7, 11) is 3.29. The molecule has 0 N–H and O–H groups in total. The summed E-state index contributed by atoms with van der Waals surface area (Å²) in [6.45, 7) is 3.88. The average molecular weight is 284 g/mol. The molecule has 2 heterocycles. The Hall–Kier alpha value is -2.63. The van der Waals surface area contributed by atoms with Crippen LogP contribution in [0.4, 0.5) is 0 Å². The molecule has 0 aliphatic heterocycles. The SMILES string of the molecule is COc1cc(C)cc(OC)c1-c1cnc2nnc(C)n2c1. The summed E-state index contributed by atoms with van der Waals surface area (Å²) in [6, 6.07) is 3.95. The maximum Gasteiger partial charge on any atom is 0.254 e. The molecule has 0 atom stereocenters. The highest BCUT2D eigenvalue weighted by molar-refractivity contribution is 5.77. The van der Waals surface area contributed by atoms with Crippen molar-refractivity contribution in [3.8, 4) is 22.6 Å². The van der Waals surface area contributed by atoms with Crippen molar-refractivity contribution in [3.63, 3.8) is 0 Å². The van der Waals surface area contributed by atoms with Crippen LogP contribution >= 0.6 is 0 Å². The highest BCUT2D eigenvalue weighted by Gasteiger charge is 2.15. The molecule has 1 aromatic carbocycles. The zero-order valence-electron chi connectivity index (χ0n) is 12.4. The molecule has 21 heavy (non-hydrogen) atoms. The molecule has 6 heteroatoms. The maximum absolute atomic E-state index is 5.50. The van der Waals surface area contributed by atoms with E-state index in [1.165, 1.54) is 0 Å². The van der Waals surface area contributed by atoms with E-state index in [0.717, 1.165) is 34.0 Å². The van der Waals surface area contributed by atoms with E-state index in [2.05, 4.69) is 15.2 Å². The second kappa shape index (κ2) is 5.05. The Morgan fingerprint density at radius 3 is 2.29 bits per heavy atom. The summed E-state index contributed by atoms with van der Waals surface area (Å²) >= 11 is 0. The second-order valence-electron chi connectivity index (χ2n) is 4.80. The van der Waals surface area contributed by atoms with Crippen molar-refractivity contribution in [1.82, 2.24) is 19.6 Å². The van der Waals surface area contributed by atoms with Gasteiger partial charge in [-0.15, -0.1) is 10.2 Å². The van der Waals surface area contributed by atoms with Gasteiger partial charge in [-0.05, 0) is 31.5 Å². The maximum atomic E-state index is 5.50. The van der Waals surface area contributed by atoms with Gasteiger partial charge >= 0.3 is 0 Å². The zero-order valence-corrected chi connectivity index (χ0v) is 12.4. The number of nitrogens with zero attached hydrogens (tertiary/aromatic N) is 4. The van der Waals surface area contributed by atoms with Gasteiger partial charge in [-0.3, -0.25) is 4.40 Å². The topological polar surface area (TPSA) is 61.5 Å². The average Bonchev–Trinajstić information content (AvgIpc) is 2.87. The summed E-state index contributed by atoms with van der Waals surface area (Å²) in [5, 5.41) is 8.01. The van der Waals surface area contributed by atoms with E-state index in [4.69, 9.17) is 9.47 Å². The van der Waals surface area contributed by atoms with Gasteiger partial charge in [-0.2, -0.15) is 0 Å². The van der Waals surface area contributed by atoms with E-state index in [0.29, 0.717) is 5.78 Å². The first-order valence-corrected chi connectivity index (χ1v) is 6.54. The first-order valence-electron chi connectivity index (χ1n) is 6.54. The van der Waals surface area contributed by atoms with Crippen LogP contribution in [0.5, 0.6) is 11.5 Å². The largest absolute Gasteiger partial charge is 0.496 e. The quantitative estimate of drug-likeness (QED) is 0.739. The van der Waals surface area contributed by atoms with Crippen LogP contribution in [0.3, 0.4) is 0 Å². The summed E-state index contributed by atoms with van der Waals surface area (Å²) < 4.78 is 12.8. The predicted octanol–water partition coefficient (Wildman–Crippen LogP) is 2.43. The van der Waals surface area contributed by atoms with Crippen molar-refractivity contribution < 1.29 is 9.47 Å². The molecule has 0 aliphatic carbocycles. The van der Waals surface area contributed by atoms with Crippen LogP contribution in [0.1, 0.15) is 11.4 Å². The number of hydrogen-bond donors (Lipinski definition) is 0. The van der Waals surface area contributed by atoms with Crippen LogP contribution in [-0.2, 0) is 0 Å². The lowest BCUT2D eigenvalue weighted by Gasteiger charge is -2.14. The van der Waals surface area contributed by atoms with Crippen molar-refractivity contribution in [1.29, 1.82) is 0 Å². The lowest BCUT2D eigenvalue weighted by molar-refractivity contribution is 0.397. The molecule has 0 radical (unpaired) electrons. The monoisotopic (exact) mass is 284 g/mol. The van der Waals surface area contributed by atoms with Gasteiger partial charge in [-0.1, -0.05) is 0 Å². The third kappa shape index (κ3) is 2.18. The number of benzene rings is 1. The minimum atomic E-state index is 0.571. The van der Waals surface area contributed by atoms with E-state index < -0.39 is 0 Å². The molecular formula is C15H16N4O2. The van der Waals surface area contributed by atoms with E-state index >= 15 is 0 Å². The zero-order chi connectivity index (χ0) is 15.0. The summed E-state index contributed by atoms with van der Waals surface area (Å²) in [5.41, 5.74) is 2.83. The van der Waals surface area contributed by atoms with Gasteiger partial charge in [0.1, 0.15) is 17.3 Å². The summed E-state index contributed by atoms with van der Waals surface area (Å²) in [4.78, 5) is 4.33. The molecule has 0 unspecified atom stereocenters. The fourth-order valence-corrected chi connectivity index (χ4v) is 2.35. The Morgan fingerprint density at radius 1 is 1.00 bits per heavy atom. The molecule has 0 saturated heterocycles. The Kier molecular flexibility index (Phi) is 3.21. The van der Waals surface area contributed by atoms with Crippen molar-refractivity contribution >= 4 is 5.78 Å². The predicted molar refractivity (Wildman–Crippen MR) is 78.8 cm³/mol. The molecule has 2 aromatic heterocycles. The van der Waals surface area contributed by atoms with Crippen molar-refractivity contribution in [2.75, 3.05) is 14.2 Å². The molecule has 0 aliphatic rings. The number of methoxy groups -OCH3 is 2. The Bertz CT molecular complexity index is 786. The number of rotatable bonds is 3. The molecular weight excluding hydrogens is 268 g/mol. The molecule has 0 saturated carbocycles. The standard InChI is InChI=1S/C15H16N4O2/c1-9-5-12(20-3)14(13(6-9)21-4)11-7-16-15-18-17-10(2)19(15)8-11/h5-8H,1-4H3. The second-order valence-corrected chi connectivity index (χ2v) is 4.80. The number of ether oxygens (including phenoxy) is 2. The van der Waals surface area contributed by atoms with E-state index in [1.54, 1.807) is 20.4 Å². The van der Waals surface area contributed by atoms with Gasteiger partial charge in [-0.25, -0.2) is 4.98 Å². The minimum absolute atomic E-state index is 0.571. The molecule has 3 rings (SSSR count). The lowest BCUT2D eigenvalue weighted by atomic mass is 10.0. The first-order chi connectivity index (χ1) is 10.1. The van der Waals surface area contributed by atoms with Crippen LogP contribution in [-0.4, -0.2) is 33.8 Å². The number of aryl methyl sites for hydroxylation is 2. The van der Waals surface area contributed by atoms with Crippen LogP contribution in [0, 0.1) is 13.8 Å². The lowest BCUT2D eigenvalue weighted by Crippen LogP contribution is -1.97. The number of aromatic nitrogens is 4. The molecule has 0 amide bonds. The Balaban J connectivity index is 2.28. The summed E-state index contributed by atoms with van der Waals surface area (Å²) in [6.07, 6.45) is 3.69.